The van der Waals surface area contributed by atoms with E-state index in [4.69, 9.17) is 38.0 Å². The van der Waals surface area contributed by atoms with E-state index in [9.17, 15) is 80.5 Å². The summed E-state index contributed by atoms with van der Waals surface area (Å²) in [7, 11) is 0. The first kappa shape index (κ1) is 53.4. The highest BCUT2D eigenvalue weighted by molar-refractivity contribution is 6.01. The highest BCUT2D eigenvalue weighted by Crippen LogP contribution is 2.31. The highest BCUT2D eigenvalue weighted by atomic mass is 16.8. The average molecular weight is 945 g/mol. The summed E-state index contributed by atoms with van der Waals surface area (Å²) in [5, 5.41) is 125. The van der Waals surface area contributed by atoms with E-state index in [1.165, 1.54) is 0 Å². The molecule has 0 saturated carbocycles. The Morgan fingerprint density at radius 3 is 1.91 bits per heavy atom. The summed E-state index contributed by atoms with van der Waals surface area (Å²) >= 11 is 0. The number of unbranched alkanes of at least 4 members (excludes halogenated alkanes) is 2. The van der Waals surface area contributed by atoms with Gasteiger partial charge in [-0.2, -0.15) is 0 Å². The van der Waals surface area contributed by atoms with Gasteiger partial charge >= 0.3 is 5.97 Å². The van der Waals surface area contributed by atoms with Crippen molar-refractivity contribution in [3.63, 3.8) is 0 Å². The molecule has 0 aromatic rings. The average Bonchev–Trinajstić information content (AvgIpc) is 3.60. The molecule has 12 N–H and O–H groups in total. The number of imide groups is 1. The fraction of sp³-hybridized carbons (Fsp3) is 0.897. The molecule has 5 aliphatic rings. The first-order chi connectivity index (χ1) is 30.9. The molecule has 0 aromatic carbocycles. The topological polar surface area (TPSA) is 391 Å². The van der Waals surface area contributed by atoms with Crippen LogP contribution in [0.3, 0.4) is 0 Å². The Labute approximate surface area is 372 Å². The van der Waals surface area contributed by atoms with E-state index in [0.29, 0.717) is 43.8 Å². The molecule has 0 spiro atoms. The van der Waals surface area contributed by atoms with E-state index in [2.05, 4.69) is 0 Å². The number of hydrogen-bond donors (Lipinski definition) is 12. The Kier molecular flexibility index (Phi) is 20.3. The number of ketones is 1. The number of hydroxylamine groups is 2. The fourth-order valence-electron chi connectivity index (χ4n) is 8.06. The van der Waals surface area contributed by atoms with E-state index in [-0.39, 0.29) is 38.8 Å². The number of amides is 2. The van der Waals surface area contributed by atoms with E-state index in [1.54, 1.807) is 6.92 Å². The minimum Gasteiger partial charge on any atom is -0.394 e. The van der Waals surface area contributed by atoms with E-state index in [1.807, 2.05) is 4.90 Å². The van der Waals surface area contributed by atoms with Gasteiger partial charge in [-0.3, -0.25) is 14.4 Å². The van der Waals surface area contributed by atoms with E-state index >= 15 is 0 Å². The summed E-state index contributed by atoms with van der Waals surface area (Å²) in [5.41, 5.74) is 0. The van der Waals surface area contributed by atoms with Gasteiger partial charge in [-0.1, -0.05) is 6.42 Å². The first-order valence-electron chi connectivity index (χ1n) is 21.7. The van der Waals surface area contributed by atoms with Gasteiger partial charge in [-0.05, 0) is 45.7 Å². The van der Waals surface area contributed by atoms with Crippen molar-refractivity contribution in [2.75, 3.05) is 46.1 Å². The van der Waals surface area contributed by atoms with Gasteiger partial charge in [0, 0.05) is 25.8 Å². The van der Waals surface area contributed by atoms with Crippen LogP contribution < -0.4 is 0 Å². The Morgan fingerprint density at radius 2 is 1.23 bits per heavy atom. The Hall–Kier alpha value is -2.52. The van der Waals surface area contributed by atoms with Crippen molar-refractivity contribution in [3.05, 3.63) is 0 Å². The second kappa shape index (κ2) is 24.7. The molecule has 26 heteroatoms. The van der Waals surface area contributed by atoms with Gasteiger partial charge in [0.2, 0.25) is 0 Å². The molecule has 19 atom stereocenters. The van der Waals surface area contributed by atoms with Gasteiger partial charge in [0.1, 0.15) is 79.4 Å². The Balaban J connectivity index is 1.23. The van der Waals surface area contributed by atoms with Crippen molar-refractivity contribution >= 4 is 23.6 Å². The fourth-order valence-corrected chi connectivity index (χ4v) is 8.06. The van der Waals surface area contributed by atoms with Gasteiger partial charge in [-0.15, -0.1) is 5.06 Å². The third-order valence-electron chi connectivity index (χ3n) is 12.0. The second-order valence-corrected chi connectivity index (χ2v) is 16.7. The van der Waals surface area contributed by atoms with Gasteiger partial charge in [0.25, 0.3) is 11.8 Å². The maximum atomic E-state index is 12.4. The van der Waals surface area contributed by atoms with Crippen LogP contribution in [0.5, 0.6) is 0 Å². The third-order valence-corrected chi connectivity index (χ3v) is 12.0. The number of nitrogens with zero attached hydrogens (tertiary/aromatic N) is 2. The Morgan fingerprint density at radius 1 is 0.615 bits per heavy atom. The van der Waals surface area contributed by atoms with Crippen LogP contribution in [0.2, 0.25) is 0 Å². The number of Topliss-reactive ketones (excluding diaryl/α,β-unsaturated/α-hetero) is 1. The number of ether oxygens (including phenoxy) is 7. The van der Waals surface area contributed by atoms with Crippen LogP contribution in [0, 0.1) is 0 Å². The van der Waals surface area contributed by atoms with Crippen molar-refractivity contribution in [2.45, 2.75) is 175 Å². The lowest BCUT2D eigenvalue weighted by Gasteiger charge is -2.46. The number of hydrogen-bond acceptors (Lipinski definition) is 25. The summed E-state index contributed by atoms with van der Waals surface area (Å²) in [6.45, 7) is -0.0291. The molecule has 5 heterocycles. The molecule has 1 unspecified atom stereocenters. The highest BCUT2D eigenvalue weighted by Gasteiger charge is 2.52. The predicted molar refractivity (Wildman–Crippen MR) is 208 cm³/mol. The summed E-state index contributed by atoms with van der Waals surface area (Å²) in [6.07, 6.45) is -28.3. The zero-order valence-corrected chi connectivity index (χ0v) is 35.7. The molecular weight excluding hydrogens is 880 g/mol. The van der Waals surface area contributed by atoms with Gasteiger partial charge < -0.3 is 104 Å². The SMILES string of the molecule is C[C@@H]1O[C@@H](CCCN(CCCCCC(=O)ON2C(=O)CCC2=O)CCOC2O[C@H](CO[C@H]3O[C@H](CO)[C@@H](O)C(=O)[C@@H]3O)[C@@H](O)[C@H](O[C@H]3O[C@H](CO)[C@@H](O)[C@H](O)[C@@H]3O)[C@@H]2O)[C@@H](O)[C@H](O)[C@@H]1O. The molecule has 0 aromatic heterocycles. The van der Waals surface area contributed by atoms with Crippen LogP contribution in [0.25, 0.3) is 0 Å². The zero-order chi connectivity index (χ0) is 47.7. The van der Waals surface area contributed by atoms with Crippen LogP contribution in [-0.2, 0) is 57.2 Å². The maximum Gasteiger partial charge on any atom is 0.333 e. The number of aliphatic hydroxyl groups excluding tert-OH is 12. The molecular formula is C39H64N2O24. The van der Waals surface area contributed by atoms with Crippen molar-refractivity contribution in [1.82, 2.24) is 9.96 Å². The van der Waals surface area contributed by atoms with Crippen molar-refractivity contribution in [2.24, 2.45) is 0 Å². The normalized spacial score (nSPS) is 40.5. The molecule has 0 aliphatic carbocycles. The second-order valence-electron chi connectivity index (χ2n) is 16.7. The van der Waals surface area contributed by atoms with E-state index in [0.717, 1.165) is 0 Å². The van der Waals surface area contributed by atoms with Crippen LogP contribution in [0.1, 0.15) is 58.3 Å². The van der Waals surface area contributed by atoms with Crippen molar-refractivity contribution < 1.29 is 118 Å². The molecule has 5 aliphatic heterocycles. The van der Waals surface area contributed by atoms with E-state index < -0.39 is 160 Å². The van der Waals surface area contributed by atoms with Crippen LogP contribution in [-0.4, -0.2) is 257 Å². The van der Waals surface area contributed by atoms with Crippen LogP contribution >= 0.6 is 0 Å². The number of carbonyl (C=O) groups is 4. The predicted octanol–water partition coefficient (Wildman–Crippen LogP) is -7.22. The lowest BCUT2D eigenvalue weighted by molar-refractivity contribution is -0.364. The molecule has 5 fully saturated rings. The minimum atomic E-state index is -2.02. The van der Waals surface area contributed by atoms with Crippen molar-refractivity contribution in [1.29, 1.82) is 0 Å². The van der Waals surface area contributed by atoms with Crippen LogP contribution in [0.4, 0.5) is 0 Å². The zero-order valence-electron chi connectivity index (χ0n) is 35.7. The monoisotopic (exact) mass is 944 g/mol. The smallest absolute Gasteiger partial charge is 0.333 e. The number of carbonyl (C=O) groups excluding carboxylic acids is 4. The maximum absolute atomic E-state index is 12.4. The Bertz CT molecular complexity index is 1530. The lowest BCUT2D eigenvalue weighted by atomic mass is 9.93. The standard InChI is InChI=1S/C39H64N2O24/c1-17-25(47)30(52)26(48)18(60-17)6-5-11-40(10-4-2-3-7-24(46)65-41-22(44)8-9-23(41)45)12-13-58-38-35(57)36(64-39-34(56)32(54)28(50)20(15-43)62-39)29(51)21(63-38)16-59-37-33(55)31(53)27(49)19(14-42)61-37/h17-21,25-30,32-39,42-43,47-52,54-57H,2-16H2,1H3/t17-,18-,19+,20+,21+,25+,26+,27+,28+,29+,30+,32-,33-,34-,35-,36-,37-,38?,39+/m0/s1. The first-order valence-corrected chi connectivity index (χ1v) is 21.7. The summed E-state index contributed by atoms with van der Waals surface area (Å²) < 4.78 is 39.6. The minimum absolute atomic E-state index is 0.0404. The third kappa shape index (κ3) is 13.4. The van der Waals surface area contributed by atoms with Gasteiger partial charge in [0.15, 0.2) is 30.8 Å². The molecule has 0 radical (unpaired) electrons. The molecule has 26 nitrogen and oxygen atoms in total. The van der Waals surface area contributed by atoms with Gasteiger partial charge in [-0.25, -0.2) is 4.79 Å². The molecule has 374 valence electrons. The number of rotatable bonds is 22. The molecule has 2 amide bonds. The van der Waals surface area contributed by atoms with Crippen LogP contribution in [0.15, 0.2) is 0 Å². The quantitative estimate of drug-likeness (QED) is 0.0354. The molecule has 65 heavy (non-hydrogen) atoms. The number of aliphatic hydroxyl groups is 12. The largest absolute Gasteiger partial charge is 0.394 e. The summed E-state index contributed by atoms with van der Waals surface area (Å²) in [5.74, 6) is -3.05. The molecule has 5 saturated heterocycles. The lowest BCUT2D eigenvalue weighted by Crippen LogP contribution is -2.65. The van der Waals surface area contributed by atoms with Crippen molar-refractivity contribution in [3.8, 4) is 0 Å². The van der Waals surface area contributed by atoms with Gasteiger partial charge in [0.05, 0.1) is 38.6 Å². The molecule has 5 rings (SSSR count). The summed E-state index contributed by atoms with van der Waals surface area (Å²) in [6, 6.07) is 0. The summed E-state index contributed by atoms with van der Waals surface area (Å²) in [4.78, 5) is 55.1. The molecule has 0 bridgehead atoms.